The second kappa shape index (κ2) is 3.22. The summed E-state index contributed by atoms with van der Waals surface area (Å²) in [6.45, 7) is 0. The van der Waals surface area contributed by atoms with E-state index in [2.05, 4.69) is 0 Å². The van der Waals surface area contributed by atoms with E-state index in [1.54, 1.807) is 0 Å². The summed E-state index contributed by atoms with van der Waals surface area (Å²) in [4.78, 5) is 0. The fraction of sp³-hybridized carbons (Fsp3) is 0.143. The molecule has 0 aromatic rings. The van der Waals surface area contributed by atoms with Crippen molar-refractivity contribution < 1.29 is 0 Å². The molecule has 0 bridgehead atoms. The van der Waals surface area contributed by atoms with Gasteiger partial charge in [-0.25, -0.2) is 0 Å². The Balaban J connectivity index is 2.97. The van der Waals surface area contributed by atoms with Crippen LogP contribution >= 0.6 is 0 Å². The molecule has 0 spiro atoms. The van der Waals surface area contributed by atoms with Gasteiger partial charge in [0.25, 0.3) is 0 Å². The van der Waals surface area contributed by atoms with Crippen LogP contribution in [0.2, 0.25) is 5.32 Å². The van der Waals surface area contributed by atoms with Crippen LogP contribution in [0.1, 0.15) is 0 Å². The Hall–Kier alpha value is -1.02. The van der Waals surface area contributed by atoms with Gasteiger partial charge in [0.15, 0.2) is 0 Å². The first-order valence-electron chi connectivity index (χ1n) is 2.72. The molecule has 0 amide bonds. The monoisotopic (exact) mass is 196 g/mol. The minimum absolute atomic E-state index is 0.286. The first kappa shape index (κ1) is 7.09. The number of rotatable bonds is 0. The molecule has 1 aliphatic rings. The first-order chi connectivity index (χ1) is 4.88. The van der Waals surface area contributed by atoms with Gasteiger partial charge in [-0.2, -0.15) is 0 Å². The molecule has 1 rings (SSSR count). The normalized spacial score (nSPS) is 14.4. The Morgan fingerprint density at radius 2 is 2.20 bits per heavy atom. The SMILES string of the molecule is N#CC(C#N)=C1C=CC[Se]1. The van der Waals surface area contributed by atoms with Crippen LogP contribution in [0.5, 0.6) is 0 Å². The van der Waals surface area contributed by atoms with Crippen molar-refractivity contribution in [3.63, 3.8) is 0 Å². The molecule has 1 heterocycles. The van der Waals surface area contributed by atoms with Gasteiger partial charge in [0.1, 0.15) is 0 Å². The van der Waals surface area contributed by atoms with Gasteiger partial charge in [0, 0.05) is 0 Å². The third kappa shape index (κ3) is 1.28. The average molecular weight is 195 g/mol. The van der Waals surface area contributed by atoms with E-state index in [9.17, 15) is 0 Å². The Kier molecular flexibility index (Phi) is 2.29. The van der Waals surface area contributed by atoms with Crippen LogP contribution in [0.15, 0.2) is 22.2 Å². The molecule has 0 saturated carbocycles. The zero-order valence-electron chi connectivity index (χ0n) is 5.16. The summed E-state index contributed by atoms with van der Waals surface area (Å²) in [6.07, 6.45) is 3.88. The number of hydrogen-bond donors (Lipinski definition) is 0. The zero-order chi connectivity index (χ0) is 7.40. The van der Waals surface area contributed by atoms with Crippen molar-refractivity contribution in [3.8, 4) is 12.1 Å². The maximum absolute atomic E-state index is 8.43. The predicted molar refractivity (Wildman–Crippen MR) is 38.0 cm³/mol. The fourth-order valence-corrected chi connectivity index (χ4v) is 2.31. The van der Waals surface area contributed by atoms with Crippen molar-refractivity contribution >= 4 is 15.0 Å². The standard InChI is InChI=1S/C7H4N2Se/c8-4-6(5-9)7-2-1-3-10-7/h1-2H,3H2. The van der Waals surface area contributed by atoms with Crippen molar-refractivity contribution in [2.24, 2.45) is 0 Å². The maximum atomic E-state index is 8.43. The third-order valence-electron chi connectivity index (χ3n) is 1.07. The van der Waals surface area contributed by atoms with E-state index in [1.807, 2.05) is 24.3 Å². The molecule has 0 atom stereocenters. The molecule has 3 heteroatoms. The van der Waals surface area contributed by atoms with Crippen molar-refractivity contribution in [1.29, 1.82) is 10.5 Å². The van der Waals surface area contributed by atoms with Crippen LogP contribution in [0.3, 0.4) is 0 Å². The van der Waals surface area contributed by atoms with Gasteiger partial charge in [-0.1, -0.05) is 0 Å². The molecule has 0 saturated heterocycles. The number of hydrogen-bond acceptors (Lipinski definition) is 2. The minimum atomic E-state index is 0.286. The fourth-order valence-electron chi connectivity index (χ4n) is 0.632. The molecule has 0 radical (unpaired) electrons. The second-order valence-electron chi connectivity index (χ2n) is 1.68. The Bertz CT molecular complexity index is 259. The number of nitriles is 2. The van der Waals surface area contributed by atoms with Crippen LogP contribution in [-0.2, 0) is 0 Å². The molecule has 48 valence electrons. The summed E-state index contributed by atoms with van der Waals surface area (Å²) in [5.41, 5.74) is 0.286. The van der Waals surface area contributed by atoms with Crippen molar-refractivity contribution in [1.82, 2.24) is 0 Å². The Labute approximate surface area is 65.6 Å². The van der Waals surface area contributed by atoms with E-state index in [-0.39, 0.29) is 5.57 Å². The van der Waals surface area contributed by atoms with Gasteiger partial charge in [-0.15, -0.1) is 0 Å². The molecule has 1 aliphatic heterocycles. The summed E-state index contributed by atoms with van der Waals surface area (Å²) in [5, 5.41) is 17.9. The number of allylic oxidation sites excluding steroid dienone is 4. The predicted octanol–water partition coefficient (Wildman–Crippen LogP) is 0.980. The van der Waals surface area contributed by atoms with E-state index in [1.165, 1.54) is 0 Å². The summed E-state index contributed by atoms with van der Waals surface area (Å²) >= 11 is 0.334. The Morgan fingerprint density at radius 3 is 2.60 bits per heavy atom. The van der Waals surface area contributed by atoms with Gasteiger partial charge >= 0.3 is 65.1 Å². The summed E-state index contributed by atoms with van der Waals surface area (Å²) in [5.74, 6) is 0. The molecule has 0 unspecified atom stereocenters. The molecule has 2 nitrogen and oxygen atoms in total. The second-order valence-corrected chi connectivity index (χ2v) is 3.90. The average Bonchev–Trinajstić information content (AvgIpc) is 2.43. The molecular formula is C7H4N2Se. The van der Waals surface area contributed by atoms with Gasteiger partial charge < -0.3 is 0 Å². The van der Waals surface area contributed by atoms with Crippen molar-refractivity contribution in [3.05, 3.63) is 22.2 Å². The number of nitrogens with zero attached hydrogens (tertiary/aromatic N) is 2. The topological polar surface area (TPSA) is 47.6 Å². The van der Waals surface area contributed by atoms with Crippen LogP contribution < -0.4 is 0 Å². The molecular weight excluding hydrogens is 191 g/mol. The van der Waals surface area contributed by atoms with E-state index in [4.69, 9.17) is 10.5 Å². The summed E-state index contributed by atoms with van der Waals surface area (Å²) in [7, 11) is 0. The molecule has 0 fully saturated rings. The summed E-state index contributed by atoms with van der Waals surface area (Å²) in [6, 6.07) is 3.75. The molecule has 0 aromatic heterocycles. The van der Waals surface area contributed by atoms with Gasteiger partial charge in [-0.3, -0.25) is 0 Å². The van der Waals surface area contributed by atoms with E-state index < -0.39 is 0 Å². The zero-order valence-corrected chi connectivity index (χ0v) is 6.88. The van der Waals surface area contributed by atoms with Gasteiger partial charge in [0.2, 0.25) is 0 Å². The Morgan fingerprint density at radius 1 is 1.50 bits per heavy atom. The third-order valence-corrected chi connectivity index (χ3v) is 3.19. The van der Waals surface area contributed by atoms with Crippen LogP contribution in [-0.4, -0.2) is 15.0 Å². The molecule has 0 N–H and O–H groups in total. The molecule has 0 aliphatic carbocycles. The van der Waals surface area contributed by atoms with Crippen LogP contribution in [0, 0.1) is 22.7 Å². The summed E-state index contributed by atoms with van der Waals surface area (Å²) < 4.78 is 0.942. The van der Waals surface area contributed by atoms with Crippen LogP contribution in [0.4, 0.5) is 0 Å². The van der Waals surface area contributed by atoms with E-state index >= 15 is 0 Å². The van der Waals surface area contributed by atoms with Crippen LogP contribution in [0.25, 0.3) is 0 Å². The van der Waals surface area contributed by atoms with Gasteiger partial charge in [-0.05, 0) is 0 Å². The molecule has 0 aromatic carbocycles. The molecule has 10 heavy (non-hydrogen) atoms. The van der Waals surface area contributed by atoms with E-state index in [0.29, 0.717) is 15.0 Å². The van der Waals surface area contributed by atoms with Gasteiger partial charge in [0.05, 0.1) is 0 Å². The first-order valence-corrected chi connectivity index (χ1v) is 4.79. The quantitative estimate of drug-likeness (QED) is 0.427. The van der Waals surface area contributed by atoms with Crippen molar-refractivity contribution in [2.45, 2.75) is 5.32 Å². The van der Waals surface area contributed by atoms with Crippen molar-refractivity contribution in [2.75, 3.05) is 0 Å². The van der Waals surface area contributed by atoms with E-state index in [0.717, 1.165) is 9.79 Å².